The first-order chi connectivity index (χ1) is 8.70. The summed E-state index contributed by atoms with van der Waals surface area (Å²) in [7, 11) is 0. The molecule has 3 nitrogen and oxygen atoms in total. The molecular weight excluding hydrogens is 236 g/mol. The Balaban J connectivity index is 1.88. The van der Waals surface area contributed by atoms with Crippen LogP contribution in [0, 0.1) is 11.6 Å². The number of aromatic nitrogens is 2. The first-order valence-corrected chi connectivity index (χ1v) is 5.70. The number of nitrogens with one attached hydrogen (secondary N) is 1. The summed E-state index contributed by atoms with van der Waals surface area (Å²) in [6, 6.07) is 3.47. The van der Waals surface area contributed by atoms with E-state index in [1.165, 1.54) is 12.1 Å². The van der Waals surface area contributed by atoms with Gasteiger partial charge in [0.1, 0.15) is 17.5 Å². The Bertz CT molecular complexity index is 579. The Morgan fingerprint density at radius 1 is 1.11 bits per heavy atom. The van der Waals surface area contributed by atoms with Gasteiger partial charge in [0.2, 0.25) is 0 Å². The molecule has 0 saturated carbocycles. The van der Waals surface area contributed by atoms with Crippen molar-refractivity contribution < 1.29 is 8.78 Å². The van der Waals surface area contributed by atoms with Crippen molar-refractivity contribution in [2.75, 3.05) is 0 Å². The van der Waals surface area contributed by atoms with Gasteiger partial charge >= 0.3 is 0 Å². The highest BCUT2D eigenvalue weighted by Crippen LogP contribution is 2.15. The molecule has 18 heavy (non-hydrogen) atoms. The second kappa shape index (κ2) is 4.42. The first-order valence-electron chi connectivity index (χ1n) is 5.70. The summed E-state index contributed by atoms with van der Waals surface area (Å²) in [5.41, 5.74) is 2.60. The summed E-state index contributed by atoms with van der Waals surface area (Å²) >= 11 is 0. The summed E-state index contributed by atoms with van der Waals surface area (Å²) in [4.78, 5) is 8.60. The molecule has 2 aromatic rings. The number of hydrogen-bond donors (Lipinski definition) is 1. The number of benzene rings is 1. The average Bonchev–Trinajstić information content (AvgIpc) is 2.74. The number of hydrogen-bond acceptors (Lipinski definition) is 3. The van der Waals surface area contributed by atoms with Crippen molar-refractivity contribution >= 4 is 0 Å². The van der Waals surface area contributed by atoms with Gasteiger partial charge in [-0.25, -0.2) is 18.7 Å². The van der Waals surface area contributed by atoms with E-state index in [2.05, 4.69) is 15.3 Å². The molecular formula is C13H11F2N3. The van der Waals surface area contributed by atoms with Crippen LogP contribution in [0.4, 0.5) is 8.78 Å². The molecule has 0 amide bonds. The van der Waals surface area contributed by atoms with Gasteiger partial charge in [0.05, 0.1) is 5.69 Å². The summed E-state index contributed by atoms with van der Waals surface area (Å²) < 4.78 is 26.1. The Kier molecular flexibility index (Phi) is 2.76. The van der Waals surface area contributed by atoms with Crippen LogP contribution in [0.5, 0.6) is 0 Å². The van der Waals surface area contributed by atoms with Crippen LogP contribution in [0.2, 0.25) is 0 Å². The molecule has 1 aliphatic heterocycles. The lowest BCUT2D eigenvalue weighted by Gasteiger charge is -2.03. The van der Waals surface area contributed by atoms with E-state index in [1.54, 1.807) is 6.20 Å². The zero-order valence-corrected chi connectivity index (χ0v) is 9.58. The molecule has 2 heterocycles. The number of fused-ring (bicyclic) bond motifs is 1. The quantitative estimate of drug-likeness (QED) is 0.881. The molecule has 0 unspecified atom stereocenters. The van der Waals surface area contributed by atoms with Crippen LogP contribution < -0.4 is 5.32 Å². The molecule has 1 N–H and O–H groups in total. The zero-order chi connectivity index (χ0) is 12.5. The molecule has 0 radical (unpaired) electrons. The number of halogens is 2. The highest BCUT2D eigenvalue weighted by molar-refractivity contribution is 5.25. The summed E-state index contributed by atoms with van der Waals surface area (Å²) in [6.45, 7) is 1.51. The SMILES string of the molecule is Fc1cc(F)cc(Cc2ncc3c(n2)CNC3)c1. The minimum absolute atomic E-state index is 0.335. The second-order valence-electron chi connectivity index (χ2n) is 4.32. The van der Waals surface area contributed by atoms with Gasteiger partial charge in [-0.1, -0.05) is 0 Å². The molecule has 1 aromatic carbocycles. The van der Waals surface area contributed by atoms with Crippen LogP contribution in [-0.4, -0.2) is 9.97 Å². The van der Waals surface area contributed by atoms with Crippen molar-refractivity contribution in [2.24, 2.45) is 0 Å². The second-order valence-corrected chi connectivity index (χ2v) is 4.32. The van der Waals surface area contributed by atoms with Gasteiger partial charge in [-0.05, 0) is 17.7 Å². The van der Waals surface area contributed by atoms with E-state index in [4.69, 9.17) is 0 Å². The fraction of sp³-hybridized carbons (Fsp3) is 0.231. The lowest BCUT2D eigenvalue weighted by Crippen LogP contribution is -2.02. The predicted molar refractivity (Wildman–Crippen MR) is 61.7 cm³/mol. The maximum absolute atomic E-state index is 13.1. The Morgan fingerprint density at radius 2 is 1.89 bits per heavy atom. The van der Waals surface area contributed by atoms with Gasteiger partial charge in [0.25, 0.3) is 0 Å². The van der Waals surface area contributed by atoms with Gasteiger partial charge in [-0.2, -0.15) is 0 Å². The lowest BCUT2D eigenvalue weighted by atomic mass is 10.1. The monoisotopic (exact) mass is 247 g/mol. The summed E-state index contributed by atoms with van der Waals surface area (Å²) in [5, 5.41) is 3.17. The van der Waals surface area contributed by atoms with E-state index in [0.717, 1.165) is 30.4 Å². The van der Waals surface area contributed by atoms with E-state index in [1.807, 2.05) is 0 Å². The van der Waals surface area contributed by atoms with E-state index < -0.39 is 11.6 Å². The standard InChI is InChI=1S/C13H11F2N3/c14-10-1-8(2-11(15)4-10)3-13-17-6-9-5-16-7-12(9)18-13/h1-2,4,6,16H,3,5,7H2. The third kappa shape index (κ3) is 2.22. The highest BCUT2D eigenvalue weighted by atomic mass is 19.1. The number of rotatable bonds is 2. The van der Waals surface area contributed by atoms with Gasteiger partial charge in [-0.3, -0.25) is 0 Å². The topological polar surface area (TPSA) is 37.8 Å². The van der Waals surface area contributed by atoms with E-state index >= 15 is 0 Å². The van der Waals surface area contributed by atoms with E-state index in [9.17, 15) is 8.78 Å². The van der Waals surface area contributed by atoms with Gasteiger partial charge in [0, 0.05) is 37.3 Å². The van der Waals surface area contributed by atoms with Crippen LogP contribution in [0.3, 0.4) is 0 Å². The lowest BCUT2D eigenvalue weighted by molar-refractivity contribution is 0.580. The third-order valence-electron chi connectivity index (χ3n) is 2.90. The van der Waals surface area contributed by atoms with Crippen molar-refractivity contribution in [3.63, 3.8) is 0 Å². The Labute approximate surface area is 103 Å². The maximum Gasteiger partial charge on any atom is 0.132 e. The van der Waals surface area contributed by atoms with Crippen molar-refractivity contribution in [1.29, 1.82) is 0 Å². The van der Waals surface area contributed by atoms with Crippen molar-refractivity contribution in [2.45, 2.75) is 19.5 Å². The summed E-state index contributed by atoms with van der Waals surface area (Å²) in [6.07, 6.45) is 2.11. The van der Waals surface area contributed by atoms with Gasteiger partial charge in [-0.15, -0.1) is 0 Å². The largest absolute Gasteiger partial charge is 0.307 e. The molecule has 92 valence electrons. The third-order valence-corrected chi connectivity index (χ3v) is 2.90. The maximum atomic E-state index is 13.1. The molecule has 1 aromatic heterocycles. The van der Waals surface area contributed by atoms with Crippen molar-refractivity contribution in [1.82, 2.24) is 15.3 Å². The van der Waals surface area contributed by atoms with Crippen molar-refractivity contribution in [3.05, 3.63) is 58.7 Å². The van der Waals surface area contributed by atoms with Crippen LogP contribution in [0.25, 0.3) is 0 Å². The molecule has 3 rings (SSSR count). The molecule has 0 fully saturated rings. The molecule has 0 spiro atoms. The molecule has 0 aliphatic carbocycles. The fourth-order valence-corrected chi connectivity index (χ4v) is 2.08. The van der Waals surface area contributed by atoms with Gasteiger partial charge in [0.15, 0.2) is 0 Å². The fourth-order valence-electron chi connectivity index (χ4n) is 2.08. The molecule has 0 saturated heterocycles. The normalized spacial score (nSPS) is 13.7. The summed E-state index contributed by atoms with van der Waals surface area (Å²) in [5.74, 6) is -0.567. The highest BCUT2D eigenvalue weighted by Gasteiger charge is 2.13. The minimum atomic E-state index is -0.576. The van der Waals surface area contributed by atoms with Crippen LogP contribution in [-0.2, 0) is 19.5 Å². The Hall–Kier alpha value is -1.88. The Morgan fingerprint density at radius 3 is 2.67 bits per heavy atom. The average molecular weight is 247 g/mol. The van der Waals surface area contributed by atoms with Crippen LogP contribution in [0.1, 0.15) is 22.6 Å². The molecule has 1 aliphatic rings. The molecule has 0 atom stereocenters. The molecule has 5 heteroatoms. The van der Waals surface area contributed by atoms with Crippen LogP contribution >= 0.6 is 0 Å². The van der Waals surface area contributed by atoms with Gasteiger partial charge < -0.3 is 5.32 Å². The number of nitrogens with zero attached hydrogens (tertiary/aromatic N) is 2. The van der Waals surface area contributed by atoms with E-state index in [0.29, 0.717) is 17.8 Å². The van der Waals surface area contributed by atoms with Crippen LogP contribution in [0.15, 0.2) is 24.4 Å². The molecule has 0 bridgehead atoms. The predicted octanol–water partition coefficient (Wildman–Crippen LogP) is 1.95. The van der Waals surface area contributed by atoms with Crippen molar-refractivity contribution in [3.8, 4) is 0 Å². The minimum Gasteiger partial charge on any atom is -0.307 e. The zero-order valence-electron chi connectivity index (χ0n) is 9.58. The first kappa shape index (κ1) is 11.2. The van der Waals surface area contributed by atoms with E-state index in [-0.39, 0.29) is 0 Å². The smallest absolute Gasteiger partial charge is 0.132 e.